The maximum atomic E-state index is 9.41. The molecule has 0 saturated heterocycles. The zero-order chi connectivity index (χ0) is 29.9. The Hall–Kier alpha value is -6.17. The van der Waals surface area contributed by atoms with Gasteiger partial charge in [-0.15, -0.1) is 0 Å². The van der Waals surface area contributed by atoms with Gasteiger partial charge in [0.1, 0.15) is 11.2 Å². The van der Waals surface area contributed by atoms with Crippen LogP contribution < -0.4 is 0 Å². The zero-order valence-corrected chi connectivity index (χ0v) is 24.3. The number of rotatable bonds is 3. The summed E-state index contributed by atoms with van der Waals surface area (Å²) < 4.78 is 6.05. The van der Waals surface area contributed by atoms with Crippen molar-refractivity contribution in [3.8, 4) is 39.4 Å². The number of nitrogens with zero attached hydrogens (tertiary/aromatic N) is 1. The van der Waals surface area contributed by atoms with Crippen molar-refractivity contribution in [2.24, 2.45) is 0 Å². The van der Waals surface area contributed by atoms with Crippen molar-refractivity contribution >= 4 is 54.3 Å². The molecule has 1 heterocycles. The molecule has 0 saturated carbocycles. The van der Waals surface area contributed by atoms with Crippen molar-refractivity contribution in [3.63, 3.8) is 0 Å². The van der Waals surface area contributed by atoms with Gasteiger partial charge in [-0.2, -0.15) is 5.26 Å². The minimum absolute atomic E-state index is 0.631. The molecule has 45 heavy (non-hydrogen) atoms. The molecule has 0 aliphatic heterocycles. The molecule has 9 rings (SSSR count). The molecule has 0 bridgehead atoms. The van der Waals surface area contributed by atoms with E-state index in [0.717, 1.165) is 33.1 Å². The van der Waals surface area contributed by atoms with E-state index in [4.69, 9.17) is 4.42 Å². The van der Waals surface area contributed by atoms with Crippen LogP contribution in [0.1, 0.15) is 5.56 Å². The quantitative estimate of drug-likeness (QED) is 0.198. The second kappa shape index (κ2) is 9.95. The van der Waals surface area contributed by atoms with Gasteiger partial charge >= 0.3 is 0 Å². The average Bonchev–Trinajstić information content (AvgIpc) is 3.48. The van der Waals surface area contributed by atoms with Crippen LogP contribution in [-0.4, -0.2) is 0 Å². The highest BCUT2D eigenvalue weighted by molar-refractivity contribution is 6.23. The summed E-state index contributed by atoms with van der Waals surface area (Å²) in [6.45, 7) is 0. The molecule has 0 atom stereocenters. The summed E-state index contributed by atoms with van der Waals surface area (Å²) >= 11 is 0. The Kier molecular flexibility index (Phi) is 5.60. The minimum Gasteiger partial charge on any atom is -0.456 e. The van der Waals surface area contributed by atoms with Crippen molar-refractivity contribution < 1.29 is 4.42 Å². The highest BCUT2D eigenvalue weighted by Gasteiger charge is 2.15. The molecule has 0 aliphatic rings. The first-order valence-corrected chi connectivity index (χ1v) is 15.1. The molecule has 0 spiro atoms. The van der Waals surface area contributed by atoms with E-state index >= 15 is 0 Å². The third-order valence-corrected chi connectivity index (χ3v) is 9.09. The highest BCUT2D eigenvalue weighted by Crippen LogP contribution is 2.42. The Balaban J connectivity index is 1.21. The number of hydrogen-bond donors (Lipinski definition) is 0. The maximum Gasteiger partial charge on any atom is 0.135 e. The lowest BCUT2D eigenvalue weighted by atomic mass is 9.87. The predicted octanol–water partition coefficient (Wildman–Crippen LogP) is 11.9. The van der Waals surface area contributed by atoms with E-state index in [9.17, 15) is 5.26 Å². The van der Waals surface area contributed by atoms with E-state index in [1.54, 1.807) is 6.07 Å². The summed E-state index contributed by atoms with van der Waals surface area (Å²) in [6.07, 6.45) is 0. The number of benzene rings is 8. The van der Waals surface area contributed by atoms with Crippen LogP contribution in [0.15, 0.2) is 156 Å². The van der Waals surface area contributed by atoms with Gasteiger partial charge in [-0.1, -0.05) is 109 Å². The van der Waals surface area contributed by atoms with Crippen LogP contribution in [0.25, 0.3) is 87.6 Å². The smallest absolute Gasteiger partial charge is 0.135 e. The fourth-order valence-corrected chi connectivity index (χ4v) is 6.92. The predicted molar refractivity (Wildman–Crippen MR) is 187 cm³/mol. The normalized spacial score (nSPS) is 11.5. The molecule has 2 heteroatoms. The van der Waals surface area contributed by atoms with Crippen LogP contribution in [-0.2, 0) is 0 Å². The van der Waals surface area contributed by atoms with E-state index in [1.807, 2.05) is 18.2 Å². The lowest BCUT2D eigenvalue weighted by Crippen LogP contribution is -1.89. The summed E-state index contributed by atoms with van der Waals surface area (Å²) in [5.74, 6) is 0. The Bertz CT molecular complexity index is 2640. The van der Waals surface area contributed by atoms with Crippen LogP contribution in [0, 0.1) is 11.3 Å². The molecule has 0 aliphatic carbocycles. The molecule has 0 amide bonds. The second-order valence-electron chi connectivity index (χ2n) is 11.6. The van der Waals surface area contributed by atoms with Crippen LogP contribution >= 0.6 is 0 Å². The summed E-state index contributed by atoms with van der Waals surface area (Å²) in [5.41, 5.74) is 9.39. The van der Waals surface area contributed by atoms with E-state index in [1.165, 1.54) is 54.6 Å². The molecule has 0 unspecified atom stereocenters. The van der Waals surface area contributed by atoms with Crippen molar-refractivity contribution in [2.45, 2.75) is 0 Å². The molecular weight excluding hydrogens is 546 g/mol. The Morgan fingerprint density at radius 3 is 1.47 bits per heavy atom. The SMILES string of the molecule is N#Cc1ccc2oc3ccc(-c4ccc(-c5cc6c7ccccc7c(-c7ccccc7)cc6c6ccccc56)cc4)cc3c2c1. The van der Waals surface area contributed by atoms with Crippen molar-refractivity contribution in [1.82, 2.24) is 0 Å². The topological polar surface area (TPSA) is 36.9 Å². The molecular formula is C43H25NO. The second-order valence-corrected chi connectivity index (χ2v) is 11.6. The Morgan fingerprint density at radius 2 is 0.844 bits per heavy atom. The van der Waals surface area contributed by atoms with E-state index in [-0.39, 0.29) is 0 Å². The van der Waals surface area contributed by atoms with Crippen molar-refractivity contribution in [1.29, 1.82) is 5.26 Å². The summed E-state index contributed by atoms with van der Waals surface area (Å²) in [7, 11) is 0. The first kappa shape index (κ1) is 25.3. The van der Waals surface area contributed by atoms with Crippen molar-refractivity contribution in [2.75, 3.05) is 0 Å². The Labute approximate surface area is 260 Å². The summed E-state index contributed by atoms with van der Waals surface area (Å²) in [6, 6.07) is 55.9. The summed E-state index contributed by atoms with van der Waals surface area (Å²) in [5, 5.41) is 18.9. The molecule has 0 radical (unpaired) electrons. The van der Waals surface area contributed by atoms with Gasteiger partial charge in [0.2, 0.25) is 0 Å². The van der Waals surface area contributed by atoms with Gasteiger partial charge in [-0.05, 0) is 108 Å². The first-order valence-electron chi connectivity index (χ1n) is 15.1. The van der Waals surface area contributed by atoms with Gasteiger partial charge in [0.15, 0.2) is 0 Å². The Morgan fingerprint density at radius 1 is 0.356 bits per heavy atom. The molecule has 9 aromatic rings. The van der Waals surface area contributed by atoms with Gasteiger partial charge in [-0.25, -0.2) is 0 Å². The molecule has 8 aromatic carbocycles. The molecule has 208 valence electrons. The van der Waals surface area contributed by atoms with Gasteiger partial charge in [-0.3, -0.25) is 0 Å². The third-order valence-electron chi connectivity index (χ3n) is 9.09. The monoisotopic (exact) mass is 571 g/mol. The fraction of sp³-hybridized carbons (Fsp3) is 0. The largest absolute Gasteiger partial charge is 0.456 e. The molecule has 2 nitrogen and oxygen atoms in total. The maximum absolute atomic E-state index is 9.41. The van der Waals surface area contributed by atoms with Crippen LogP contribution in [0.3, 0.4) is 0 Å². The fourth-order valence-electron chi connectivity index (χ4n) is 6.92. The number of nitriles is 1. The third kappa shape index (κ3) is 4.03. The number of fused-ring (bicyclic) bond motifs is 8. The van der Waals surface area contributed by atoms with Crippen LogP contribution in [0.2, 0.25) is 0 Å². The van der Waals surface area contributed by atoms with Crippen LogP contribution in [0.4, 0.5) is 0 Å². The lowest BCUT2D eigenvalue weighted by molar-refractivity contribution is 0.669. The van der Waals surface area contributed by atoms with Crippen LogP contribution in [0.5, 0.6) is 0 Å². The first-order chi connectivity index (χ1) is 22.2. The van der Waals surface area contributed by atoms with E-state index < -0.39 is 0 Å². The summed E-state index contributed by atoms with van der Waals surface area (Å²) in [4.78, 5) is 0. The van der Waals surface area contributed by atoms with Crippen molar-refractivity contribution in [3.05, 3.63) is 157 Å². The zero-order valence-electron chi connectivity index (χ0n) is 24.3. The van der Waals surface area contributed by atoms with Gasteiger partial charge in [0.25, 0.3) is 0 Å². The van der Waals surface area contributed by atoms with Gasteiger partial charge in [0.05, 0.1) is 11.6 Å². The van der Waals surface area contributed by atoms with E-state index in [2.05, 4.69) is 133 Å². The lowest BCUT2D eigenvalue weighted by Gasteiger charge is -2.16. The molecule has 1 aromatic heterocycles. The number of hydrogen-bond acceptors (Lipinski definition) is 2. The molecule has 0 N–H and O–H groups in total. The van der Waals surface area contributed by atoms with Gasteiger partial charge < -0.3 is 4.42 Å². The minimum atomic E-state index is 0.631. The molecule has 0 fully saturated rings. The van der Waals surface area contributed by atoms with Gasteiger partial charge in [0, 0.05) is 10.8 Å². The number of furan rings is 1. The highest BCUT2D eigenvalue weighted by atomic mass is 16.3. The average molecular weight is 572 g/mol. The standard InChI is InChI=1S/C43H25NO/c44-26-27-14-20-42-40(22-27)41-23-31(19-21-43(41)45-42)28-15-17-30(18-16-28)37-25-39-34-12-6-4-10-32(34)36(29-8-2-1-3-9-29)24-38(39)35-13-7-5-11-33(35)37/h1-25H. The van der Waals surface area contributed by atoms with E-state index in [0.29, 0.717) is 5.56 Å².